The Hall–Kier alpha value is -0.260. The lowest BCUT2D eigenvalue weighted by Crippen LogP contribution is -2.35. The normalized spacial score (nSPS) is 64.1. The molecule has 3 saturated carbocycles. The molecule has 0 aromatic carbocycles. The number of fused-ring (bicyclic) bond motifs is 9. The van der Waals surface area contributed by atoms with E-state index in [0.29, 0.717) is 0 Å². The Bertz CT molecular complexity index is 316. The van der Waals surface area contributed by atoms with E-state index in [0.717, 1.165) is 47.3 Å². The maximum Gasteiger partial charge on any atom is -0.0194 e. The first kappa shape index (κ1) is 8.84. The molecule has 0 radical (unpaired) electrons. The third kappa shape index (κ3) is 0.867. The Labute approximate surface area is 93.1 Å². The molecule has 4 bridgehead atoms. The summed E-state index contributed by atoms with van der Waals surface area (Å²) in [6.45, 7) is 4.96. The average Bonchev–Trinajstić information content (AvgIpc) is 2.94. The highest BCUT2D eigenvalue weighted by Gasteiger charge is 2.62. The molecule has 0 amide bonds. The van der Waals surface area contributed by atoms with E-state index in [-0.39, 0.29) is 0 Å². The second-order valence-corrected chi connectivity index (χ2v) is 6.60. The van der Waals surface area contributed by atoms with E-state index in [1.165, 1.54) is 12.8 Å². The first-order valence-electron chi connectivity index (χ1n) is 6.99. The summed E-state index contributed by atoms with van der Waals surface area (Å²) in [5.74, 6) is 8.55. The molecule has 8 unspecified atom stereocenters. The van der Waals surface area contributed by atoms with E-state index in [2.05, 4.69) is 26.0 Å². The lowest BCUT2D eigenvalue weighted by atomic mass is 9.65. The first-order valence-corrected chi connectivity index (χ1v) is 6.99. The SMILES string of the molecule is CCC1C(C)C2CC1C1C3C=CC(C3)C21. The number of rotatable bonds is 1. The minimum Gasteiger partial charge on any atom is -0.0848 e. The largest absolute Gasteiger partial charge is 0.0848 e. The van der Waals surface area contributed by atoms with E-state index >= 15 is 0 Å². The van der Waals surface area contributed by atoms with Gasteiger partial charge in [0.2, 0.25) is 0 Å². The van der Waals surface area contributed by atoms with Crippen molar-refractivity contribution in [3.05, 3.63) is 12.2 Å². The molecule has 15 heavy (non-hydrogen) atoms. The van der Waals surface area contributed by atoms with Gasteiger partial charge in [0.1, 0.15) is 0 Å². The molecule has 0 heteroatoms. The molecule has 0 N–H and O–H groups in total. The van der Waals surface area contributed by atoms with Gasteiger partial charge in [-0.1, -0.05) is 32.4 Å². The maximum atomic E-state index is 2.56. The van der Waals surface area contributed by atoms with Gasteiger partial charge in [0, 0.05) is 0 Å². The van der Waals surface area contributed by atoms with Crippen LogP contribution in [-0.2, 0) is 0 Å². The van der Waals surface area contributed by atoms with E-state index in [1.54, 1.807) is 6.42 Å². The minimum atomic E-state index is 0.996. The van der Waals surface area contributed by atoms with Gasteiger partial charge in [0.05, 0.1) is 0 Å². The molecule has 0 heterocycles. The zero-order valence-electron chi connectivity index (χ0n) is 9.89. The molecule has 4 aliphatic carbocycles. The summed E-state index contributed by atoms with van der Waals surface area (Å²) in [4.78, 5) is 0. The van der Waals surface area contributed by atoms with E-state index in [1.807, 2.05) is 0 Å². The van der Waals surface area contributed by atoms with Gasteiger partial charge in [-0.2, -0.15) is 0 Å². The highest BCUT2D eigenvalue weighted by atomic mass is 14.7. The van der Waals surface area contributed by atoms with E-state index in [9.17, 15) is 0 Å². The summed E-state index contributed by atoms with van der Waals surface area (Å²) in [7, 11) is 0. The average molecular weight is 202 g/mol. The number of hydrogen-bond donors (Lipinski definition) is 0. The Morgan fingerprint density at radius 1 is 1.00 bits per heavy atom. The van der Waals surface area contributed by atoms with Crippen molar-refractivity contribution in [3.8, 4) is 0 Å². The summed E-state index contributed by atoms with van der Waals surface area (Å²) in [6.07, 6.45) is 9.66. The Morgan fingerprint density at radius 2 is 1.67 bits per heavy atom. The molecule has 0 nitrogen and oxygen atoms in total. The minimum absolute atomic E-state index is 0.996. The standard InChI is InChI=1S/C15H22/c1-3-11-8(2)12-7-13(11)15-10-5-4-9(6-10)14(12)15/h4-5,8-15H,3,6-7H2,1-2H3. The second-order valence-electron chi connectivity index (χ2n) is 6.60. The predicted molar refractivity (Wildman–Crippen MR) is 62.3 cm³/mol. The van der Waals surface area contributed by atoms with Crippen molar-refractivity contribution in [2.24, 2.45) is 47.3 Å². The molecule has 4 aliphatic rings. The third-order valence-corrected chi connectivity index (χ3v) is 6.49. The fourth-order valence-electron chi connectivity index (χ4n) is 6.14. The van der Waals surface area contributed by atoms with Crippen molar-refractivity contribution in [2.75, 3.05) is 0 Å². The predicted octanol–water partition coefficient (Wildman–Crippen LogP) is 3.74. The van der Waals surface area contributed by atoms with Gasteiger partial charge in [-0.3, -0.25) is 0 Å². The lowest BCUT2D eigenvalue weighted by Gasteiger charge is -2.40. The van der Waals surface area contributed by atoms with Crippen molar-refractivity contribution in [3.63, 3.8) is 0 Å². The summed E-state index contributed by atoms with van der Waals surface area (Å²) >= 11 is 0. The van der Waals surface area contributed by atoms with Crippen LogP contribution in [-0.4, -0.2) is 0 Å². The molecule has 0 spiro atoms. The first-order chi connectivity index (χ1) is 7.31. The highest BCUT2D eigenvalue weighted by molar-refractivity contribution is 5.21. The van der Waals surface area contributed by atoms with Crippen molar-refractivity contribution < 1.29 is 0 Å². The number of allylic oxidation sites excluding steroid dienone is 2. The van der Waals surface area contributed by atoms with Crippen LogP contribution in [0.5, 0.6) is 0 Å². The summed E-state index contributed by atoms with van der Waals surface area (Å²) in [5.41, 5.74) is 0. The molecule has 0 saturated heterocycles. The Kier molecular flexibility index (Phi) is 1.59. The van der Waals surface area contributed by atoms with Crippen molar-refractivity contribution >= 4 is 0 Å². The van der Waals surface area contributed by atoms with Gasteiger partial charge < -0.3 is 0 Å². The summed E-state index contributed by atoms with van der Waals surface area (Å²) in [6, 6.07) is 0. The number of hydrogen-bond acceptors (Lipinski definition) is 0. The van der Waals surface area contributed by atoms with Gasteiger partial charge in [-0.05, 0) is 60.2 Å². The highest BCUT2D eigenvalue weighted by Crippen LogP contribution is 2.68. The van der Waals surface area contributed by atoms with Crippen LogP contribution < -0.4 is 0 Å². The fourth-order valence-corrected chi connectivity index (χ4v) is 6.14. The smallest absolute Gasteiger partial charge is 0.0194 e. The van der Waals surface area contributed by atoms with Gasteiger partial charge >= 0.3 is 0 Å². The maximum absolute atomic E-state index is 2.56. The second kappa shape index (κ2) is 2.70. The summed E-state index contributed by atoms with van der Waals surface area (Å²) in [5, 5.41) is 0. The van der Waals surface area contributed by atoms with E-state index in [4.69, 9.17) is 0 Å². The van der Waals surface area contributed by atoms with Crippen LogP contribution in [0.25, 0.3) is 0 Å². The van der Waals surface area contributed by atoms with Gasteiger partial charge in [-0.25, -0.2) is 0 Å². The van der Waals surface area contributed by atoms with Crippen molar-refractivity contribution in [1.82, 2.24) is 0 Å². The van der Waals surface area contributed by atoms with Crippen LogP contribution in [0.4, 0.5) is 0 Å². The molecule has 82 valence electrons. The van der Waals surface area contributed by atoms with Gasteiger partial charge in [0.15, 0.2) is 0 Å². The van der Waals surface area contributed by atoms with Crippen LogP contribution in [0.1, 0.15) is 33.1 Å². The van der Waals surface area contributed by atoms with Crippen molar-refractivity contribution in [2.45, 2.75) is 33.1 Å². The van der Waals surface area contributed by atoms with Crippen LogP contribution in [0.2, 0.25) is 0 Å². The zero-order chi connectivity index (χ0) is 10.2. The van der Waals surface area contributed by atoms with Crippen molar-refractivity contribution in [1.29, 1.82) is 0 Å². The van der Waals surface area contributed by atoms with Gasteiger partial charge in [0.25, 0.3) is 0 Å². The molecule has 0 aromatic heterocycles. The van der Waals surface area contributed by atoms with Crippen LogP contribution >= 0.6 is 0 Å². The molecular formula is C15H22. The third-order valence-electron chi connectivity index (χ3n) is 6.49. The molecule has 0 aliphatic heterocycles. The molecule has 0 aromatic rings. The molecule has 4 rings (SSSR count). The lowest BCUT2D eigenvalue weighted by molar-refractivity contribution is 0.0953. The fraction of sp³-hybridized carbons (Fsp3) is 0.867. The monoisotopic (exact) mass is 202 g/mol. The quantitative estimate of drug-likeness (QED) is 0.449. The zero-order valence-corrected chi connectivity index (χ0v) is 9.89. The van der Waals surface area contributed by atoms with Gasteiger partial charge in [-0.15, -0.1) is 0 Å². The molecule has 8 atom stereocenters. The topological polar surface area (TPSA) is 0 Å². The Balaban J connectivity index is 1.73. The summed E-state index contributed by atoms with van der Waals surface area (Å²) < 4.78 is 0. The van der Waals surface area contributed by atoms with E-state index < -0.39 is 0 Å². The molecular weight excluding hydrogens is 180 g/mol. The van der Waals surface area contributed by atoms with Crippen LogP contribution in [0.15, 0.2) is 12.2 Å². The Morgan fingerprint density at radius 3 is 2.33 bits per heavy atom. The van der Waals surface area contributed by atoms with Crippen LogP contribution in [0, 0.1) is 47.3 Å². The van der Waals surface area contributed by atoms with Crippen LogP contribution in [0.3, 0.4) is 0 Å². The molecule has 3 fully saturated rings.